The summed E-state index contributed by atoms with van der Waals surface area (Å²) in [6.07, 6.45) is 5.99. The molecule has 2 nitrogen and oxygen atoms in total. The fourth-order valence-corrected chi connectivity index (χ4v) is 2.80. The normalized spacial score (nSPS) is 10.9. The maximum Gasteiger partial charge on any atom is 0.179 e. The maximum atomic E-state index is 6.33. The summed E-state index contributed by atoms with van der Waals surface area (Å²) in [7, 11) is 1.65. The van der Waals surface area contributed by atoms with E-state index in [1.54, 1.807) is 7.11 Å². The summed E-state index contributed by atoms with van der Waals surface area (Å²) in [4.78, 5) is 0. The molecule has 0 unspecified atom stereocenters. The standard InChI is InChI=1S/C23H20O2/c1-3-23(20-10-6-4-7-11-20,21-12-8-5-9-13-21)25-18-19-14-16-22(24-2)17-15-19/h1,4-17H,18H2,2H3. The Hall–Kier alpha value is -3.02. The fourth-order valence-electron chi connectivity index (χ4n) is 2.80. The van der Waals surface area contributed by atoms with E-state index in [4.69, 9.17) is 15.9 Å². The van der Waals surface area contributed by atoms with Crippen LogP contribution in [-0.4, -0.2) is 7.11 Å². The molecule has 2 heteroatoms. The Morgan fingerprint density at radius 2 is 1.32 bits per heavy atom. The number of terminal acetylenes is 1. The average Bonchev–Trinajstić information content (AvgIpc) is 2.71. The first-order chi connectivity index (χ1) is 12.3. The maximum absolute atomic E-state index is 6.33. The molecule has 0 aliphatic rings. The van der Waals surface area contributed by atoms with Crippen LogP contribution in [0.2, 0.25) is 0 Å². The van der Waals surface area contributed by atoms with Crippen LogP contribution in [0.3, 0.4) is 0 Å². The van der Waals surface area contributed by atoms with Crippen LogP contribution >= 0.6 is 0 Å². The van der Waals surface area contributed by atoms with E-state index in [1.807, 2.05) is 84.9 Å². The van der Waals surface area contributed by atoms with Gasteiger partial charge in [0.1, 0.15) is 5.75 Å². The smallest absolute Gasteiger partial charge is 0.179 e. The van der Waals surface area contributed by atoms with Crippen LogP contribution in [0.5, 0.6) is 5.75 Å². The van der Waals surface area contributed by atoms with Crippen molar-refractivity contribution in [1.29, 1.82) is 0 Å². The summed E-state index contributed by atoms with van der Waals surface area (Å²) >= 11 is 0. The van der Waals surface area contributed by atoms with Gasteiger partial charge in [-0.05, 0) is 17.7 Å². The molecule has 0 aromatic heterocycles. The second-order valence-corrected chi connectivity index (χ2v) is 5.69. The van der Waals surface area contributed by atoms with Gasteiger partial charge in [-0.1, -0.05) is 78.7 Å². The molecule has 0 amide bonds. The van der Waals surface area contributed by atoms with Crippen LogP contribution in [0, 0.1) is 12.3 Å². The highest BCUT2D eigenvalue weighted by Crippen LogP contribution is 2.34. The lowest BCUT2D eigenvalue weighted by atomic mass is 9.86. The van der Waals surface area contributed by atoms with Crippen LogP contribution in [0.15, 0.2) is 84.9 Å². The van der Waals surface area contributed by atoms with E-state index in [0.717, 1.165) is 22.4 Å². The molecule has 0 spiro atoms. The third-order valence-corrected chi connectivity index (χ3v) is 4.18. The van der Waals surface area contributed by atoms with Gasteiger partial charge in [-0.25, -0.2) is 0 Å². The van der Waals surface area contributed by atoms with Gasteiger partial charge in [-0.2, -0.15) is 0 Å². The van der Waals surface area contributed by atoms with E-state index in [9.17, 15) is 0 Å². The van der Waals surface area contributed by atoms with Crippen molar-refractivity contribution in [2.24, 2.45) is 0 Å². The van der Waals surface area contributed by atoms with E-state index in [1.165, 1.54) is 0 Å². The van der Waals surface area contributed by atoms with Crippen molar-refractivity contribution in [3.63, 3.8) is 0 Å². The van der Waals surface area contributed by atoms with E-state index in [2.05, 4.69) is 5.92 Å². The van der Waals surface area contributed by atoms with Crippen LogP contribution < -0.4 is 4.74 Å². The quantitative estimate of drug-likeness (QED) is 0.606. The Labute approximate surface area is 149 Å². The monoisotopic (exact) mass is 328 g/mol. The van der Waals surface area contributed by atoms with Crippen molar-refractivity contribution >= 4 is 0 Å². The van der Waals surface area contributed by atoms with Gasteiger partial charge in [0.05, 0.1) is 13.7 Å². The molecule has 3 aromatic carbocycles. The first kappa shape index (κ1) is 16.8. The molecule has 3 aromatic rings. The number of hydrogen-bond acceptors (Lipinski definition) is 2. The minimum atomic E-state index is -0.928. The van der Waals surface area contributed by atoms with Crippen molar-refractivity contribution < 1.29 is 9.47 Å². The minimum absolute atomic E-state index is 0.401. The Bertz CT molecular complexity index is 791. The largest absolute Gasteiger partial charge is 0.497 e. The predicted molar refractivity (Wildman–Crippen MR) is 100 cm³/mol. The van der Waals surface area contributed by atoms with Gasteiger partial charge in [-0.3, -0.25) is 0 Å². The molecule has 3 rings (SSSR count). The van der Waals surface area contributed by atoms with Gasteiger partial charge in [0.25, 0.3) is 0 Å². The second-order valence-electron chi connectivity index (χ2n) is 5.69. The topological polar surface area (TPSA) is 18.5 Å². The molecule has 25 heavy (non-hydrogen) atoms. The summed E-state index contributed by atoms with van der Waals surface area (Å²) in [5, 5.41) is 0. The first-order valence-corrected chi connectivity index (χ1v) is 8.14. The molecule has 0 N–H and O–H groups in total. The van der Waals surface area contributed by atoms with E-state index < -0.39 is 5.60 Å². The molecule has 0 radical (unpaired) electrons. The van der Waals surface area contributed by atoms with Crippen molar-refractivity contribution in [3.05, 3.63) is 102 Å². The summed E-state index contributed by atoms with van der Waals surface area (Å²) in [5.41, 5.74) is 1.99. The molecule has 0 bridgehead atoms. The van der Waals surface area contributed by atoms with E-state index in [-0.39, 0.29) is 0 Å². The molecule has 0 aliphatic carbocycles. The number of rotatable bonds is 6. The number of ether oxygens (including phenoxy) is 2. The SMILES string of the molecule is C#CC(OCc1ccc(OC)cc1)(c1ccccc1)c1ccccc1. The van der Waals surface area contributed by atoms with Crippen LogP contribution in [0.25, 0.3) is 0 Å². The van der Waals surface area contributed by atoms with Crippen molar-refractivity contribution in [2.75, 3.05) is 7.11 Å². The molecule has 0 heterocycles. The lowest BCUT2D eigenvalue weighted by molar-refractivity contribution is 0.0136. The zero-order chi connectivity index (χ0) is 17.5. The summed E-state index contributed by atoms with van der Waals surface area (Å²) in [5.74, 6) is 3.71. The summed E-state index contributed by atoms with van der Waals surface area (Å²) in [6.45, 7) is 0.401. The highest BCUT2D eigenvalue weighted by molar-refractivity contribution is 5.44. The zero-order valence-electron chi connectivity index (χ0n) is 14.2. The van der Waals surface area contributed by atoms with Crippen molar-refractivity contribution in [1.82, 2.24) is 0 Å². The Morgan fingerprint density at radius 3 is 1.76 bits per heavy atom. The zero-order valence-corrected chi connectivity index (χ0v) is 14.2. The Morgan fingerprint density at radius 1 is 0.800 bits per heavy atom. The molecule has 0 aliphatic heterocycles. The second kappa shape index (κ2) is 7.70. The Kier molecular flexibility index (Phi) is 5.18. The molecule has 124 valence electrons. The minimum Gasteiger partial charge on any atom is -0.497 e. The third kappa shape index (κ3) is 3.57. The van der Waals surface area contributed by atoms with Gasteiger partial charge in [0.15, 0.2) is 5.60 Å². The third-order valence-electron chi connectivity index (χ3n) is 4.18. The molecule has 0 saturated carbocycles. The highest BCUT2D eigenvalue weighted by atomic mass is 16.5. The summed E-state index contributed by atoms with van der Waals surface area (Å²) in [6, 6.07) is 27.6. The van der Waals surface area contributed by atoms with Gasteiger partial charge in [-0.15, -0.1) is 6.42 Å². The number of hydrogen-bond donors (Lipinski definition) is 0. The lowest BCUT2D eigenvalue weighted by Crippen LogP contribution is -2.29. The highest BCUT2D eigenvalue weighted by Gasteiger charge is 2.33. The van der Waals surface area contributed by atoms with Crippen molar-refractivity contribution in [2.45, 2.75) is 12.2 Å². The first-order valence-electron chi connectivity index (χ1n) is 8.14. The van der Waals surface area contributed by atoms with Gasteiger partial charge in [0.2, 0.25) is 0 Å². The lowest BCUT2D eigenvalue weighted by Gasteiger charge is -2.30. The van der Waals surface area contributed by atoms with Crippen molar-refractivity contribution in [3.8, 4) is 18.1 Å². The fraction of sp³-hybridized carbons (Fsp3) is 0.130. The average molecular weight is 328 g/mol. The van der Waals surface area contributed by atoms with E-state index in [0.29, 0.717) is 6.61 Å². The predicted octanol–water partition coefficient (Wildman–Crippen LogP) is 4.79. The van der Waals surface area contributed by atoms with Gasteiger partial charge in [0, 0.05) is 11.1 Å². The summed E-state index contributed by atoms with van der Waals surface area (Å²) < 4.78 is 11.5. The molecule has 0 atom stereocenters. The molecule has 0 saturated heterocycles. The van der Waals surface area contributed by atoms with E-state index >= 15 is 0 Å². The van der Waals surface area contributed by atoms with Gasteiger partial charge < -0.3 is 9.47 Å². The Balaban J connectivity index is 1.95. The van der Waals surface area contributed by atoms with Crippen LogP contribution in [-0.2, 0) is 16.9 Å². The van der Waals surface area contributed by atoms with Gasteiger partial charge >= 0.3 is 0 Å². The number of methoxy groups -OCH3 is 1. The molecular weight excluding hydrogens is 308 g/mol. The van der Waals surface area contributed by atoms with Crippen LogP contribution in [0.1, 0.15) is 16.7 Å². The van der Waals surface area contributed by atoms with Crippen LogP contribution in [0.4, 0.5) is 0 Å². The molecular formula is C23H20O2. The molecule has 0 fully saturated rings. The number of benzene rings is 3.